The number of nitrogens with zero attached hydrogens (tertiary/aromatic N) is 2. The number of H-pyrrole nitrogens is 1. The molecule has 0 aliphatic rings. The minimum Gasteiger partial charge on any atom is -0.493 e. The van der Waals surface area contributed by atoms with Gasteiger partial charge >= 0.3 is 0 Å². The van der Waals surface area contributed by atoms with Gasteiger partial charge < -0.3 is 14.5 Å². The van der Waals surface area contributed by atoms with Gasteiger partial charge in [0.05, 0.1) is 30.3 Å². The molecule has 2 aromatic carbocycles. The van der Waals surface area contributed by atoms with Crippen molar-refractivity contribution in [1.29, 1.82) is 5.26 Å². The van der Waals surface area contributed by atoms with Crippen LogP contribution in [-0.2, 0) is 0 Å². The first kappa shape index (κ1) is 18.5. The van der Waals surface area contributed by atoms with E-state index < -0.39 is 0 Å². The number of rotatable bonds is 8. The Hall–Kier alpha value is -3.26. The fourth-order valence-electron chi connectivity index (χ4n) is 2.83. The third kappa shape index (κ3) is 4.48. The van der Waals surface area contributed by atoms with E-state index in [2.05, 4.69) is 23.0 Å². The molecule has 0 saturated carbocycles. The number of hydrogen-bond donors (Lipinski definition) is 1. The molecule has 27 heavy (non-hydrogen) atoms. The lowest BCUT2D eigenvalue weighted by Crippen LogP contribution is -1.99. The average molecular weight is 361 g/mol. The Morgan fingerprint density at radius 3 is 2.78 bits per heavy atom. The number of aromatic amines is 1. The van der Waals surface area contributed by atoms with Crippen LogP contribution in [0.2, 0.25) is 0 Å². The summed E-state index contributed by atoms with van der Waals surface area (Å²) in [6.07, 6.45) is 5.11. The van der Waals surface area contributed by atoms with E-state index >= 15 is 0 Å². The van der Waals surface area contributed by atoms with Crippen LogP contribution in [0.1, 0.15) is 37.6 Å². The molecule has 138 valence electrons. The van der Waals surface area contributed by atoms with Gasteiger partial charge in [-0.15, -0.1) is 0 Å². The summed E-state index contributed by atoms with van der Waals surface area (Å²) < 4.78 is 11.3. The second kappa shape index (κ2) is 8.91. The summed E-state index contributed by atoms with van der Waals surface area (Å²) >= 11 is 0. The highest BCUT2D eigenvalue weighted by atomic mass is 16.5. The Morgan fingerprint density at radius 2 is 2.04 bits per heavy atom. The second-order valence-electron chi connectivity index (χ2n) is 6.24. The van der Waals surface area contributed by atoms with Crippen molar-refractivity contribution in [3.63, 3.8) is 0 Å². The number of methoxy groups -OCH3 is 1. The zero-order valence-electron chi connectivity index (χ0n) is 15.7. The predicted molar refractivity (Wildman–Crippen MR) is 108 cm³/mol. The molecular weight excluding hydrogens is 338 g/mol. The molecular formula is C22H23N3O2. The van der Waals surface area contributed by atoms with Crippen molar-refractivity contribution in [1.82, 2.24) is 9.97 Å². The number of para-hydroxylation sites is 2. The van der Waals surface area contributed by atoms with E-state index in [0.717, 1.165) is 35.9 Å². The lowest BCUT2D eigenvalue weighted by molar-refractivity contribution is 0.286. The summed E-state index contributed by atoms with van der Waals surface area (Å²) in [7, 11) is 1.62. The molecule has 1 heterocycles. The highest BCUT2D eigenvalue weighted by Crippen LogP contribution is 2.30. The maximum absolute atomic E-state index is 9.58. The van der Waals surface area contributed by atoms with Crippen LogP contribution in [0.5, 0.6) is 11.5 Å². The Balaban J connectivity index is 1.84. The van der Waals surface area contributed by atoms with Crippen molar-refractivity contribution >= 4 is 22.7 Å². The van der Waals surface area contributed by atoms with Gasteiger partial charge in [-0.25, -0.2) is 4.98 Å². The summed E-state index contributed by atoms with van der Waals surface area (Å²) in [5, 5.41) is 9.58. The molecule has 1 N–H and O–H groups in total. The second-order valence-corrected chi connectivity index (χ2v) is 6.24. The Bertz CT molecular complexity index is 950. The number of imidazole rings is 1. The van der Waals surface area contributed by atoms with E-state index in [0.29, 0.717) is 29.5 Å². The molecule has 0 spiro atoms. The number of aromatic nitrogens is 2. The first-order valence-corrected chi connectivity index (χ1v) is 9.13. The fourth-order valence-corrected chi connectivity index (χ4v) is 2.83. The molecule has 1 aromatic heterocycles. The Kier molecular flexibility index (Phi) is 6.11. The van der Waals surface area contributed by atoms with E-state index in [4.69, 9.17) is 9.47 Å². The highest BCUT2D eigenvalue weighted by Gasteiger charge is 2.10. The zero-order valence-corrected chi connectivity index (χ0v) is 15.7. The lowest BCUT2D eigenvalue weighted by atomic mass is 10.1. The number of hydrogen-bond acceptors (Lipinski definition) is 4. The third-order valence-electron chi connectivity index (χ3n) is 4.27. The van der Waals surface area contributed by atoms with Gasteiger partial charge in [-0.3, -0.25) is 0 Å². The molecule has 0 aliphatic heterocycles. The SMILES string of the molecule is CCCCCOc1ccc(/C=C(\C#N)c2nc3ccccc3[nH]2)cc1OC. The number of unbranched alkanes of at least 4 members (excludes halogenated alkanes) is 2. The van der Waals surface area contributed by atoms with Crippen LogP contribution in [0.4, 0.5) is 0 Å². The van der Waals surface area contributed by atoms with Gasteiger partial charge in [0.15, 0.2) is 11.5 Å². The van der Waals surface area contributed by atoms with Crippen LogP contribution in [0.15, 0.2) is 42.5 Å². The van der Waals surface area contributed by atoms with E-state index in [-0.39, 0.29) is 0 Å². The van der Waals surface area contributed by atoms with Crippen molar-refractivity contribution in [2.24, 2.45) is 0 Å². The van der Waals surface area contributed by atoms with Gasteiger partial charge in [-0.2, -0.15) is 5.26 Å². The molecule has 0 fully saturated rings. The summed E-state index contributed by atoms with van der Waals surface area (Å²) in [6.45, 7) is 2.83. The molecule has 3 rings (SSSR count). The summed E-state index contributed by atoms with van der Waals surface area (Å²) in [5.41, 5.74) is 3.05. The van der Waals surface area contributed by atoms with Gasteiger partial charge in [0.25, 0.3) is 0 Å². The predicted octanol–water partition coefficient (Wildman–Crippen LogP) is 5.20. The molecule has 3 aromatic rings. The number of nitrogens with one attached hydrogen (secondary N) is 1. The number of fused-ring (bicyclic) bond motifs is 1. The molecule has 0 unspecified atom stereocenters. The summed E-state index contributed by atoms with van der Waals surface area (Å²) in [6, 6.07) is 15.6. The van der Waals surface area contributed by atoms with Crippen LogP contribution in [0, 0.1) is 11.3 Å². The maximum atomic E-state index is 9.58. The number of nitriles is 1. The maximum Gasteiger partial charge on any atom is 0.161 e. The molecule has 5 nitrogen and oxygen atoms in total. The van der Waals surface area contributed by atoms with E-state index in [1.54, 1.807) is 13.2 Å². The molecule has 0 aliphatic carbocycles. The Labute approximate surface area is 159 Å². The van der Waals surface area contributed by atoms with Crippen LogP contribution >= 0.6 is 0 Å². The first-order chi connectivity index (χ1) is 13.2. The van der Waals surface area contributed by atoms with Crippen molar-refractivity contribution in [2.45, 2.75) is 26.2 Å². The minimum absolute atomic E-state index is 0.463. The molecule has 0 radical (unpaired) electrons. The summed E-state index contributed by atoms with van der Waals surface area (Å²) in [5.74, 6) is 1.92. The van der Waals surface area contributed by atoms with E-state index in [9.17, 15) is 5.26 Å². The standard InChI is InChI=1S/C22H23N3O2/c1-3-4-7-12-27-20-11-10-16(14-21(20)26-2)13-17(15-23)22-24-18-8-5-6-9-19(18)25-22/h5-6,8-11,13-14H,3-4,7,12H2,1-2H3,(H,24,25)/b17-13+. The van der Waals surface area contributed by atoms with Gasteiger partial charge in [0.2, 0.25) is 0 Å². The monoisotopic (exact) mass is 361 g/mol. The first-order valence-electron chi connectivity index (χ1n) is 9.13. The van der Waals surface area contributed by atoms with Gasteiger partial charge in [-0.05, 0) is 42.3 Å². The number of allylic oxidation sites excluding steroid dienone is 1. The van der Waals surface area contributed by atoms with Crippen molar-refractivity contribution in [3.8, 4) is 17.6 Å². The molecule has 0 bridgehead atoms. The van der Waals surface area contributed by atoms with Crippen molar-refractivity contribution in [3.05, 3.63) is 53.9 Å². The smallest absolute Gasteiger partial charge is 0.161 e. The van der Waals surface area contributed by atoms with Crippen LogP contribution < -0.4 is 9.47 Å². The number of benzene rings is 2. The van der Waals surface area contributed by atoms with Crippen LogP contribution in [-0.4, -0.2) is 23.7 Å². The minimum atomic E-state index is 0.463. The van der Waals surface area contributed by atoms with Crippen LogP contribution in [0.3, 0.4) is 0 Å². The normalized spacial score (nSPS) is 11.4. The topological polar surface area (TPSA) is 70.9 Å². The van der Waals surface area contributed by atoms with E-state index in [1.165, 1.54) is 0 Å². The van der Waals surface area contributed by atoms with Gasteiger partial charge in [0.1, 0.15) is 11.9 Å². The fraction of sp³-hybridized carbons (Fsp3) is 0.273. The third-order valence-corrected chi connectivity index (χ3v) is 4.27. The lowest BCUT2D eigenvalue weighted by Gasteiger charge is -2.11. The van der Waals surface area contributed by atoms with E-state index in [1.807, 2.05) is 42.5 Å². The quantitative estimate of drug-likeness (QED) is 0.442. The zero-order chi connectivity index (χ0) is 19.1. The Morgan fingerprint density at radius 1 is 1.19 bits per heavy atom. The molecule has 5 heteroatoms. The number of ether oxygens (including phenoxy) is 2. The van der Waals surface area contributed by atoms with Crippen LogP contribution in [0.25, 0.3) is 22.7 Å². The molecule has 0 atom stereocenters. The van der Waals surface area contributed by atoms with Crippen molar-refractivity contribution in [2.75, 3.05) is 13.7 Å². The average Bonchev–Trinajstić information content (AvgIpc) is 3.14. The molecule has 0 amide bonds. The van der Waals surface area contributed by atoms with Gasteiger partial charge in [0, 0.05) is 0 Å². The van der Waals surface area contributed by atoms with Gasteiger partial charge in [-0.1, -0.05) is 38.0 Å². The highest BCUT2D eigenvalue weighted by molar-refractivity contribution is 5.90. The largest absolute Gasteiger partial charge is 0.493 e. The summed E-state index contributed by atoms with van der Waals surface area (Å²) in [4.78, 5) is 7.68. The molecule has 0 saturated heterocycles. The van der Waals surface area contributed by atoms with Crippen molar-refractivity contribution < 1.29 is 9.47 Å².